The van der Waals surface area contributed by atoms with E-state index in [1.165, 1.54) is 38.5 Å². The minimum atomic E-state index is -0.318. The van der Waals surface area contributed by atoms with Gasteiger partial charge >= 0.3 is 5.97 Å². The zero-order chi connectivity index (χ0) is 22.6. The van der Waals surface area contributed by atoms with Crippen LogP contribution in [-0.2, 0) is 4.79 Å². The first-order valence-corrected chi connectivity index (χ1v) is 12.7. The smallest absolute Gasteiger partial charge is 0.329 e. The van der Waals surface area contributed by atoms with Gasteiger partial charge in [-0.3, -0.25) is 4.79 Å². The third kappa shape index (κ3) is 4.01. The number of nitrogens with one attached hydrogen (secondary N) is 2. The number of carbonyl (C=O) groups is 2. The molecule has 2 heterocycles. The van der Waals surface area contributed by atoms with Gasteiger partial charge in [0.1, 0.15) is 6.04 Å². The van der Waals surface area contributed by atoms with Gasteiger partial charge < -0.3 is 15.4 Å². The Hall–Kier alpha value is -2.18. The summed E-state index contributed by atoms with van der Waals surface area (Å²) >= 11 is 6.48. The number of halogens is 1. The normalized spacial score (nSPS) is 32.3. The second-order valence-electron chi connectivity index (χ2n) is 10.8. The van der Waals surface area contributed by atoms with Crippen molar-refractivity contribution in [3.63, 3.8) is 0 Å². The monoisotopic (exact) mass is 467 g/mol. The second-order valence-corrected chi connectivity index (χ2v) is 11.2. The van der Waals surface area contributed by atoms with Crippen molar-refractivity contribution >= 4 is 34.4 Å². The summed E-state index contributed by atoms with van der Waals surface area (Å²) in [5, 5.41) is 7.44. The van der Waals surface area contributed by atoms with E-state index in [4.69, 9.17) is 16.3 Å². The predicted molar refractivity (Wildman–Crippen MR) is 126 cm³/mol. The van der Waals surface area contributed by atoms with Crippen molar-refractivity contribution in [3.05, 3.63) is 34.9 Å². The molecule has 0 unspecified atom stereocenters. The highest BCUT2D eigenvalue weighted by Crippen LogP contribution is 2.59. The van der Waals surface area contributed by atoms with Gasteiger partial charge in [0.2, 0.25) is 5.88 Å². The van der Waals surface area contributed by atoms with E-state index in [-0.39, 0.29) is 29.2 Å². The van der Waals surface area contributed by atoms with Gasteiger partial charge in [0.05, 0.1) is 16.1 Å². The van der Waals surface area contributed by atoms with Gasteiger partial charge in [-0.15, -0.1) is 0 Å². The average Bonchev–Trinajstić information content (AvgIpc) is 3.32. The summed E-state index contributed by atoms with van der Waals surface area (Å²) in [4.78, 5) is 30.1. The van der Waals surface area contributed by atoms with Crippen LogP contribution in [0.15, 0.2) is 24.3 Å². The minimum Gasteiger partial charge on any atom is -0.406 e. The molecule has 1 atom stereocenters. The Labute approximate surface area is 198 Å². The summed E-state index contributed by atoms with van der Waals surface area (Å²) < 4.78 is 5.48. The van der Waals surface area contributed by atoms with Crippen molar-refractivity contribution in [2.75, 3.05) is 13.1 Å². The highest BCUT2D eigenvalue weighted by molar-refractivity contribution is 6.35. The molecular formula is C26H30ClN3O3. The van der Waals surface area contributed by atoms with Crippen molar-refractivity contribution < 1.29 is 14.3 Å². The molecule has 5 aliphatic rings. The van der Waals surface area contributed by atoms with Crippen molar-refractivity contribution in [1.29, 1.82) is 0 Å². The lowest BCUT2D eigenvalue weighted by Gasteiger charge is -2.56. The zero-order valence-electron chi connectivity index (χ0n) is 18.7. The van der Waals surface area contributed by atoms with Crippen LogP contribution in [0.25, 0.3) is 10.9 Å². The van der Waals surface area contributed by atoms with Crippen molar-refractivity contribution in [1.82, 2.24) is 15.6 Å². The molecule has 0 radical (unpaired) electrons. The predicted octanol–water partition coefficient (Wildman–Crippen LogP) is 4.49. The van der Waals surface area contributed by atoms with Crippen molar-refractivity contribution in [3.8, 4) is 5.88 Å². The molecule has 2 N–H and O–H groups in total. The van der Waals surface area contributed by atoms with Gasteiger partial charge in [-0.2, -0.15) is 0 Å². The van der Waals surface area contributed by atoms with Crippen molar-refractivity contribution in [2.45, 2.75) is 57.4 Å². The Morgan fingerprint density at radius 3 is 2.48 bits per heavy atom. The van der Waals surface area contributed by atoms with E-state index in [1.807, 2.05) is 0 Å². The maximum absolute atomic E-state index is 13.3. The first kappa shape index (κ1) is 21.4. The maximum atomic E-state index is 13.3. The van der Waals surface area contributed by atoms with E-state index < -0.39 is 0 Å². The quantitative estimate of drug-likeness (QED) is 0.633. The molecule has 0 spiro atoms. The lowest BCUT2D eigenvalue weighted by atomic mass is 9.49. The van der Waals surface area contributed by atoms with E-state index in [1.54, 1.807) is 24.3 Å². The molecule has 1 aromatic heterocycles. The largest absolute Gasteiger partial charge is 0.406 e. The molecule has 1 saturated heterocycles. The van der Waals surface area contributed by atoms with E-state index in [0.29, 0.717) is 21.5 Å². The molecule has 174 valence electrons. The molecule has 6 nitrogen and oxygen atoms in total. The minimum absolute atomic E-state index is 0.150. The van der Waals surface area contributed by atoms with Crippen LogP contribution in [0.4, 0.5) is 0 Å². The summed E-state index contributed by atoms with van der Waals surface area (Å²) in [5.74, 6) is 2.31. The molecule has 7 heteroatoms. The molecule has 4 bridgehead atoms. The van der Waals surface area contributed by atoms with Gasteiger partial charge in [0, 0.05) is 18.0 Å². The molecule has 33 heavy (non-hydrogen) atoms. The highest BCUT2D eigenvalue weighted by Gasteiger charge is 2.50. The summed E-state index contributed by atoms with van der Waals surface area (Å²) in [6.45, 7) is 1.55. The highest BCUT2D eigenvalue weighted by atomic mass is 35.5. The number of amides is 1. The number of fused-ring (bicyclic) bond motifs is 1. The fourth-order valence-corrected chi connectivity index (χ4v) is 7.62. The van der Waals surface area contributed by atoms with E-state index in [0.717, 1.165) is 43.7 Å². The molecule has 2 aromatic rings. The van der Waals surface area contributed by atoms with Gasteiger partial charge in [-0.05, 0) is 99.3 Å². The molecule has 4 aliphatic carbocycles. The van der Waals surface area contributed by atoms with Gasteiger partial charge in [0.15, 0.2) is 0 Å². The van der Waals surface area contributed by atoms with Crippen LogP contribution in [0.1, 0.15) is 61.7 Å². The Balaban J connectivity index is 1.20. The lowest BCUT2D eigenvalue weighted by molar-refractivity contribution is -0.136. The number of carbonyl (C=O) groups excluding carboxylic acids is 2. The first-order valence-electron chi connectivity index (χ1n) is 12.3. The van der Waals surface area contributed by atoms with Crippen LogP contribution < -0.4 is 15.4 Å². The first-order chi connectivity index (χ1) is 16.0. The standard InChI is InChI=1S/C26H30ClN3O3/c27-19-4-5-20-18(3-6-22(30-20)33-25(32)21-2-1-7-28-21)23(19)24(31)29-14-26-11-15-8-16(12-26)10-17(9-15)13-26/h3-6,15-17,21,28H,1-2,7-14H2,(H,29,31)/t15?,16?,17?,21-,26?/m1/s1. The van der Waals surface area contributed by atoms with Crippen LogP contribution in [0.5, 0.6) is 5.88 Å². The summed E-state index contributed by atoms with van der Waals surface area (Å²) in [5.41, 5.74) is 1.29. The zero-order valence-corrected chi connectivity index (χ0v) is 19.5. The molecule has 4 saturated carbocycles. The SMILES string of the molecule is O=C(NCC12CC3CC(CC(C3)C1)C2)c1c(Cl)ccc2nc(OC(=O)[C@H]3CCCN3)ccc12. The molecule has 7 rings (SSSR count). The fraction of sp³-hybridized carbons (Fsp3) is 0.577. The van der Waals surface area contributed by atoms with E-state index >= 15 is 0 Å². The fourth-order valence-electron chi connectivity index (χ4n) is 7.37. The number of benzene rings is 1. The van der Waals surface area contributed by atoms with Gasteiger partial charge in [0.25, 0.3) is 5.91 Å². The van der Waals surface area contributed by atoms with Gasteiger partial charge in [-0.25, -0.2) is 9.78 Å². The summed E-state index contributed by atoms with van der Waals surface area (Å²) in [6, 6.07) is 6.60. The van der Waals surface area contributed by atoms with Crippen LogP contribution in [0, 0.1) is 23.2 Å². The number of ether oxygens (including phenoxy) is 1. The number of esters is 1. The number of hydrogen-bond acceptors (Lipinski definition) is 5. The maximum Gasteiger partial charge on any atom is 0.329 e. The molecule has 1 amide bonds. The number of aromatic nitrogens is 1. The summed E-state index contributed by atoms with van der Waals surface area (Å²) in [7, 11) is 0. The van der Waals surface area contributed by atoms with E-state index in [2.05, 4.69) is 15.6 Å². The third-order valence-electron chi connectivity index (χ3n) is 8.36. The Morgan fingerprint density at radius 1 is 1.09 bits per heavy atom. The third-order valence-corrected chi connectivity index (χ3v) is 8.68. The van der Waals surface area contributed by atoms with Gasteiger partial charge in [-0.1, -0.05) is 11.6 Å². The number of nitrogens with zero attached hydrogens (tertiary/aromatic N) is 1. The Morgan fingerprint density at radius 2 is 1.82 bits per heavy atom. The Bertz CT molecular complexity index is 1080. The number of hydrogen-bond donors (Lipinski definition) is 2. The van der Waals surface area contributed by atoms with E-state index in [9.17, 15) is 9.59 Å². The molecule has 1 aromatic carbocycles. The van der Waals surface area contributed by atoms with Crippen molar-refractivity contribution in [2.24, 2.45) is 23.2 Å². The lowest BCUT2D eigenvalue weighted by Crippen LogP contribution is -2.51. The molecule has 5 fully saturated rings. The molecule has 1 aliphatic heterocycles. The summed E-state index contributed by atoms with van der Waals surface area (Å²) in [6.07, 6.45) is 9.63. The average molecular weight is 468 g/mol. The number of pyridine rings is 1. The van der Waals surface area contributed by atoms with Crippen LogP contribution >= 0.6 is 11.6 Å². The van der Waals surface area contributed by atoms with Crippen LogP contribution in [0.2, 0.25) is 5.02 Å². The van der Waals surface area contributed by atoms with Crippen LogP contribution in [-0.4, -0.2) is 36.0 Å². The number of rotatable bonds is 5. The van der Waals surface area contributed by atoms with Crippen LogP contribution in [0.3, 0.4) is 0 Å². The second kappa shape index (κ2) is 8.24. The topological polar surface area (TPSA) is 80.3 Å². The molecular weight excluding hydrogens is 438 g/mol. The Kier molecular flexibility index (Phi) is 5.33.